The summed E-state index contributed by atoms with van der Waals surface area (Å²) in [6.07, 6.45) is 4.99. The van der Waals surface area contributed by atoms with Crippen LogP contribution in [0.4, 0.5) is 0 Å². The average molecular weight is 482 g/mol. The molecule has 0 radical (unpaired) electrons. The minimum Gasteiger partial charge on any atom is -0.184 e. The molecule has 0 aliphatic rings. The molecule has 0 saturated heterocycles. The van der Waals surface area contributed by atoms with Crippen LogP contribution in [0, 0.1) is 5.92 Å². The second kappa shape index (κ2) is 8.06. The van der Waals surface area contributed by atoms with Gasteiger partial charge in [-0.25, -0.2) is 0 Å². The van der Waals surface area contributed by atoms with Crippen molar-refractivity contribution in [3.63, 3.8) is 0 Å². The third-order valence-corrected chi connectivity index (χ3v) is 5.09. The van der Waals surface area contributed by atoms with E-state index in [-0.39, 0.29) is 3.74 Å². The fourth-order valence-electron chi connectivity index (χ4n) is 2.25. The molecular weight excluding hydrogens is 462 g/mol. The molecule has 1 aromatic heterocycles. The van der Waals surface area contributed by atoms with Crippen molar-refractivity contribution in [2.45, 2.75) is 49.8 Å². The predicted octanol–water partition coefficient (Wildman–Crippen LogP) is 6.20. The van der Waals surface area contributed by atoms with E-state index in [1.165, 1.54) is 19.3 Å². The van der Waals surface area contributed by atoms with E-state index in [1.54, 1.807) is 0 Å². The van der Waals surface area contributed by atoms with Crippen molar-refractivity contribution < 1.29 is 0 Å². The number of rotatable bonds is 7. The van der Waals surface area contributed by atoms with Crippen LogP contribution in [0.2, 0.25) is 0 Å². The highest BCUT2D eigenvalue weighted by atomic mass is 79.9. The molecule has 0 atom stereocenters. The van der Waals surface area contributed by atoms with Gasteiger partial charge in [-0.2, -0.15) is 15.0 Å². The number of hydrogen-bond acceptors (Lipinski definition) is 2. The molecule has 0 saturated carbocycles. The van der Waals surface area contributed by atoms with Crippen LogP contribution in [0.25, 0.3) is 11.0 Å². The molecule has 0 aliphatic heterocycles. The lowest BCUT2D eigenvalue weighted by molar-refractivity contribution is 0.469. The van der Waals surface area contributed by atoms with Crippen molar-refractivity contribution in [1.82, 2.24) is 15.0 Å². The SMILES string of the molecule is CC(C)CCCCCn1nc2cc(Br)c(C(Br)Br)cc2n1. The Morgan fingerprint density at radius 3 is 2.33 bits per heavy atom. The minimum absolute atomic E-state index is 0.116. The molecule has 0 bridgehead atoms. The Morgan fingerprint density at radius 2 is 1.71 bits per heavy atom. The van der Waals surface area contributed by atoms with Gasteiger partial charge in [0.15, 0.2) is 0 Å². The van der Waals surface area contributed by atoms with Crippen LogP contribution in [0.5, 0.6) is 0 Å². The Labute approximate surface area is 151 Å². The van der Waals surface area contributed by atoms with Gasteiger partial charge in [-0.05, 0) is 30.0 Å². The van der Waals surface area contributed by atoms with Crippen LogP contribution in [0.15, 0.2) is 16.6 Å². The normalized spacial score (nSPS) is 12.0. The highest BCUT2D eigenvalue weighted by Crippen LogP contribution is 2.36. The summed E-state index contributed by atoms with van der Waals surface area (Å²) < 4.78 is 1.16. The molecule has 6 heteroatoms. The molecule has 1 aromatic carbocycles. The predicted molar refractivity (Wildman–Crippen MR) is 99.1 cm³/mol. The van der Waals surface area contributed by atoms with Crippen LogP contribution >= 0.6 is 47.8 Å². The summed E-state index contributed by atoms with van der Waals surface area (Å²) in [4.78, 5) is 1.83. The number of fused-ring (bicyclic) bond motifs is 1. The van der Waals surface area contributed by atoms with E-state index in [4.69, 9.17) is 0 Å². The summed E-state index contributed by atoms with van der Waals surface area (Å²) >= 11 is 10.6. The van der Waals surface area contributed by atoms with E-state index < -0.39 is 0 Å². The van der Waals surface area contributed by atoms with Gasteiger partial charge in [0.25, 0.3) is 0 Å². The summed E-state index contributed by atoms with van der Waals surface area (Å²) in [5.74, 6) is 0.799. The molecule has 21 heavy (non-hydrogen) atoms. The number of nitrogens with zero attached hydrogens (tertiary/aromatic N) is 3. The first-order valence-electron chi connectivity index (χ1n) is 7.30. The first-order valence-corrected chi connectivity index (χ1v) is 9.92. The average Bonchev–Trinajstić information content (AvgIpc) is 2.78. The molecule has 116 valence electrons. The molecular formula is C15H20Br3N3. The minimum atomic E-state index is 0.116. The van der Waals surface area contributed by atoms with Gasteiger partial charge in [0.2, 0.25) is 0 Å². The van der Waals surface area contributed by atoms with Crippen LogP contribution in [-0.2, 0) is 6.54 Å². The second-order valence-corrected chi connectivity index (χ2v) is 9.62. The second-order valence-electron chi connectivity index (χ2n) is 5.70. The van der Waals surface area contributed by atoms with E-state index in [0.29, 0.717) is 0 Å². The third kappa shape index (κ3) is 5.03. The van der Waals surface area contributed by atoms with Gasteiger partial charge >= 0.3 is 0 Å². The molecule has 2 rings (SSSR count). The lowest BCUT2D eigenvalue weighted by atomic mass is 10.1. The number of alkyl halides is 2. The lowest BCUT2D eigenvalue weighted by Gasteiger charge is -2.03. The Morgan fingerprint density at radius 1 is 1.05 bits per heavy atom. The van der Waals surface area contributed by atoms with Crippen molar-refractivity contribution >= 4 is 58.8 Å². The quantitative estimate of drug-likeness (QED) is 0.348. The summed E-state index contributed by atoms with van der Waals surface area (Å²) in [5, 5.41) is 9.12. The highest BCUT2D eigenvalue weighted by molar-refractivity contribution is 9.24. The fraction of sp³-hybridized carbons (Fsp3) is 0.600. The van der Waals surface area contributed by atoms with E-state index >= 15 is 0 Å². The van der Waals surface area contributed by atoms with Gasteiger partial charge in [-0.15, -0.1) is 0 Å². The van der Waals surface area contributed by atoms with E-state index in [2.05, 4.69) is 77.9 Å². The standard InChI is InChI=1S/C15H20Br3N3/c1-10(2)6-4-3-5-7-21-19-13-8-11(15(17)18)12(16)9-14(13)20-21/h8-10,15H,3-7H2,1-2H3. The van der Waals surface area contributed by atoms with E-state index in [0.717, 1.165) is 40.0 Å². The summed E-state index contributed by atoms with van der Waals surface area (Å²) in [5.41, 5.74) is 3.01. The number of aryl methyl sites for hydroxylation is 1. The van der Waals surface area contributed by atoms with Gasteiger partial charge in [-0.1, -0.05) is 80.9 Å². The third-order valence-electron chi connectivity index (χ3n) is 3.41. The van der Waals surface area contributed by atoms with Gasteiger partial charge in [0.1, 0.15) is 11.0 Å². The Bertz CT molecular complexity index is 593. The maximum Gasteiger partial charge on any atom is 0.114 e. The number of hydrogen-bond donors (Lipinski definition) is 0. The first-order chi connectivity index (χ1) is 9.97. The van der Waals surface area contributed by atoms with E-state index in [9.17, 15) is 0 Å². The monoisotopic (exact) mass is 479 g/mol. The van der Waals surface area contributed by atoms with Crippen molar-refractivity contribution in [3.8, 4) is 0 Å². The molecule has 0 fully saturated rings. The Kier molecular flexibility index (Phi) is 6.69. The molecule has 0 unspecified atom stereocenters. The van der Waals surface area contributed by atoms with Crippen LogP contribution in [-0.4, -0.2) is 15.0 Å². The fourth-order valence-corrected chi connectivity index (χ4v) is 4.18. The zero-order valence-corrected chi connectivity index (χ0v) is 17.1. The Hall–Kier alpha value is 0.0600. The van der Waals surface area contributed by atoms with Gasteiger partial charge in [0.05, 0.1) is 10.3 Å². The van der Waals surface area contributed by atoms with Gasteiger partial charge < -0.3 is 0 Å². The zero-order valence-electron chi connectivity index (χ0n) is 12.3. The molecule has 0 N–H and O–H groups in total. The summed E-state index contributed by atoms with van der Waals surface area (Å²) in [6, 6.07) is 4.10. The van der Waals surface area contributed by atoms with E-state index in [1.807, 2.05) is 10.9 Å². The highest BCUT2D eigenvalue weighted by Gasteiger charge is 2.12. The summed E-state index contributed by atoms with van der Waals surface area (Å²) in [7, 11) is 0. The number of benzene rings is 1. The smallest absolute Gasteiger partial charge is 0.114 e. The molecule has 2 aromatic rings. The van der Waals surface area contributed by atoms with Crippen molar-refractivity contribution in [3.05, 3.63) is 22.2 Å². The van der Waals surface area contributed by atoms with Crippen molar-refractivity contribution in [2.24, 2.45) is 5.92 Å². The van der Waals surface area contributed by atoms with Crippen LogP contribution in [0.1, 0.15) is 48.8 Å². The molecule has 0 amide bonds. The first kappa shape index (κ1) is 17.4. The van der Waals surface area contributed by atoms with Gasteiger partial charge in [-0.3, -0.25) is 0 Å². The summed E-state index contributed by atoms with van der Waals surface area (Å²) in [6.45, 7) is 5.45. The van der Waals surface area contributed by atoms with Crippen molar-refractivity contribution in [2.75, 3.05) is 0 Å². The number of halogens is 3. The molecule has 3 nitrogen and oxygen atoms in total. The van der Waals surface area contributed by atoms with Crippen LogP contribution < -0.4 is 0 Å². The molecule has 0 spiro atoms. The topological polar surface area (TPSA) is 30.7 Å². The van der Waals surface area contributed by atoms with Crippen LogP contribution in [0.3, 0.4) is 0 Å². The maximum absolute atomic E-state index is 4.57. The van der Waals surface area contributed by atoms with Gasteiger partial charge in [0, 0.05) is 4.47 Å². The number of aromatic nitrogens is 3. The lowest BCUT2D eigenvalue weighted by Crippen LogP contribution is -2.02. The number of unbranched alkanes of at least 4 members (excludes halogenated alkanes) is 2. The van der Waals surface area contributed by atoms with Crippen molar-refractivity contribution in [1.29, 1.82) is 0 Å². The largest absolute Gasteiger partial charge is 0.184 e. The zero-order chi connectivity index (χ0) is 15.4. The molecule has 1 heterocycles. The molecule has 0 aliphatic carbocycles. The maximum atomic E-state index is 4.57. The Balaban J connectivity index is 1.99.